The maximum Gasteiger partial charge on any atom is 0.0482 e. The molecule has 0 saturated carbocycles. The van der Waals surface area contributed by atoms with Crippen LogP contribution in [0.5, 0.6) is 0 Å². The van der Waals surface area contributed by atoms with Gasteiger partial charge in [0.25, 0.3) is 0 Å². The van der Waals surface area contributed by atoms with Crippen LogP contribution in [0.3, 0.4) is 0 Å². The quantitative estimate of drug-likeness (QED) is 0.742. The Morgan fingerprint density at radius 2 is 2.23 bits per heavy atom. The van der Waals surface area contributed by atoms with Crippen LogP contribution in [0, 0.1) is 0 Å². The van der Waals surface area contributed by atoms with Crippen molar-refractivity contribution in [1.29, 1.82) is 0 Å². The van der Waals surface area contributed by atoms with E-state index in [4.69, 9.17) is 17.3 Å². The lowest BCUT2D eigenvalue weighted by Gasteiger charge is -1.96. The summed E-state index contributed by atoms with van der Waals surface area (Å²) in [5, 5.41) is 1.91. The van der Waals surface area contributed by atoms with Crippen LogP contribution in [-0.4, -0.2) is 4.57 Å². The number of benzene rings is 1. The number of aryl methyl sites for hydroxylation is 1. The predicted octanol–water partition coefficient (Wildman–Crippen LogP) is 2.29. The molecule has 0 atom stereocenters. The second-order valence-electron chi connectivity index (χ2n) is 3.13. The van der Waals surface area contributed by atoms with Gasteiger partial charge in [-0.3, -0.25) is 0 Å². The fraction of sp³-hybridized carbons (Fsp3) is 0.200. The van der Waals surface area contributed by atoms with Crippen molar-refractivity contribution in [2.75, 3.05) is 0 Å². The van der Waals surface area contributed by atoms with Gasteiger partial charge < -0.3 is 10.3 Å². The van der Waals surface area contributed by atoms with E-state index in [1.807, 2.05) is 31.4 Å². The molecule has 0 radical (unpaired) electrons. The largest absolute Gasteiger partial charge is 0.350 e. The van der Waals surface area contributed by atoms with Crippen molar-refractivity contribution >= 4 is 22.5 Å². The highest BCUT2D eigenvalue weighted by Gasteiger charge is 2.04. The van der Waals surface area contributed by atoms with Gasteiger partial charge in [0.1, 0.15) is 0 Å². The Labute approximate surface area is 81.9 Å². The van der Waals surface area contributed by atoms with E-state index < -0.39 is 0 Å². The summed E-state index contributed by atoms with van der Waals surface area (Å²) in [7, 11) is 2.01. The minimum Gasteiger partial charge on any atom is -0.350 e. The fourth-order valence-electron chi connectivity index (χ4n) is 1.61. The first-order valence-electron chi connectivity index (χ1n) is 4.16. The second-order valence-corrected chi connectivity index (χ2v) is 3.57. The van der Waals surface area contributed by atoms with Gasteiger partial charge in [0.15, 0.2) is 0 Å². The van der Waals surface area contributed by atoms with E-state index in [0.29, 0.717) is 6.54 Å². The third-order valence-corrected chi connectivity index (χ3v) is 2.49. The number of hydrogen-bond donors (Lipinski definition) is 1. The highest BCUT2D eigenvalue weighted by Crippen LogP contribution is 2.23. The van der Waals surface area contributed by atoms with Crippen molar-refractivity contribution < 1.29 is 0 Å². The van der Waals surface area contributed by atoms with E-state index in [-0.39, 0.29) is 0 Å². The van der Waals surface area contributed by atoms with Gasteiger partial charge in [0, 0.05) is 35.7 Å². The minimum atomic E-state index is 0.553. The van der Waals surface area contributed by atoms with Gasteiger partial charge in [-0.05, 0) is 23.8 Å². The first kappa shape index (κ1) is 8.60. The normalized spacial score (nSPS) is 11.0. The second kappa shape index (κ2) is 3.05. The van der Waals surface area contributed by atoms with Gasteiger partial charge in [0.2, 0.25) is 0 Å². The molecule has 0 amide bonds. The van der Waals surface area contributed by atoms with Gasteiger partial charge in [-0.25, -0.2) is 0 Å². The molecule has 1 aromatic carbocycles. The minimum absolute atomic E-state index is 0.553. The molecule has 1 heterocycles. The van der Waals surface area contributed by atoms with Crippen LogP contribution in [0.2, 0.25) is 5.02 Å². The van der Waals surface area contributed by atoms with E-state index in [1.165, 1.54) is 5.52 Å². The van der Waals surface area contributed by atoms with E-state index in [9.17, 15) is 0 Å². The highest BCUT2D eigenvalue weighted by molar-refractivity contribution is 6.31. The maximum absolute atomic E-state index is 5.91. The zero-order valence-electron chi connectivity index (χ0n) is 7.42. The standard InChI is InChI=1S/C10H11ClN2/c1-13-6-7(5-12)9-4-8(11)2-3-10(9)13/h2-4,6H,5,12H2,1H3. The molecule has 0 saturated heterocycles. The molecular weight excluding hydrogens is 184 g/mol. The number of hydrogen-bond acceptors (Lipinski definition) is 1. The smallest absolute Gasteiger partial charge is 0.0482 e. The number of nitrogens with zero attached hydrogens (tertiary/aromatic N) is 1. The predicted molar refractivity (Wildman–Crippen MR) is 55.8 cm³/mol. The molecule has 2 rings (SSSR count). The summed E-state index contributed by atoms with van der Waals surface area (Å²) in [5.74, 6) is 0. The molecule has 0 aliphatic rings. The lowest BCUT2D eigenvalue weighted by atomic mass is 10.2. The summed E-state index contributed by atoms with van der Waals surface area (Å²) in [6, 6.07) is 5.86. The summed E-state index contributed by atoms with van der Waals surface area (Å²) in [5.41, 5.74) is 7.93. The Balaban J connectivity index is 2.81. The zero-order valence-corrected chi connectivity index (χ0v) is 8.17. The van der Waals surface area contributed by atoms with Crippen molar-refractivity contribution in [3.05, 3.63) is 35.0 Å². The SMILES string of the molecule is Cn1cc(CN)c2cc(Cl)ccc21. The summed E-state index contributed by atoms with van der Waals surface area (Å²) in [6.07, 6.45) is 2.04. The molecule has 0 fully saturated rings. The van der Waals surface area contributed by atoms with Crippen LogP contribution in [-0.2, 0) is 13.6 Å². The number of fused-ring (bicyclic) bond motifs is 1. The molecule has 13 heavy (non-hydrogen) atoms. The molecule has 0 unspecified atom stereocenters. The van der Waals surface area contributed by atoms with Gasteiger partial charge >= 0.3 is 0 Å². The van der Waals surface area contributed by atoms with Crippen LogP contribution in [0.4, 0.5) is 0 Å². The van der Waals surface area contributed by atoms with Gasteiger partial charge in [-0.1, -0.05) is 11.6 Å². The zero-order chi connectivity index (χ0) is 9.42. The van der Waals surface area contributed by atoms with Crippen LogP contribution < -0.4 is 5.73 Å². The number of halogens is 1. The van der Waals surface area contributed by atoms with Crippen LogP contribution in [0.1, 0.15) is 5.56 Å². The summed E-state index contributed by atoms with van der Waals surface area (Å²) < 4.78 is 2.06. The summed E-state index contributed by atoms with van der Waals surface area (Å²) in [6.45, 7) is 0.553. The van der Waals surface area contributed by atoms with Gasteiger partial charge in [0.05, 0.1) is 0 Å². The molecule has 0 spiro atoms. The van der Waals surface area contributed by atoms with Gasteiger partial charge in [-0.15, -0.1) is 0 Å². The van der Waals surface area contributed by atoms with Crippen LogP contribution >= 0.6 is 11.6 Å². The Bertz CT molecular complexity index is 445. The van der Waals surface area contributed by atoms with E-state index in [2.05, 4.69) is 4.57 Å². The average molecular weight is 195 g/mol. The Hall–Kier alpha value is -0.990. The first-order chi connectivity index (χ1) is 6.22. The van der Waals surface area contributed by atoms with Crippen molar-refractivity contribution in [3.63, 3.8) is 0 Å². The summed E-state index contributed by atoms with van der Waals surface area (Å²) in [4.78, 5) is 0. The lowest BCUT2D eigenvalue weighted by molar-refractivity contribution is 0.949. The Kier molecular flexibility index (Phi) is 2.02. The van der Waals surface area contributed by atoms with E-state index in [0.717, 1.165) is 16.0 Å². The topological polar surface area (TPSA) is 30.9 Å². The van der Waals surface area contributed by atoms with Gasteiger partial charge in [-0.2, -0.15) is 0 Å². The number of rotatable bonds is 1. The lowest BCUT2D eigenvalue weighted by Crippen LogP contribution is -1.94. The van der Waals surface area contributed by atoms with E-state index >= 15 is 0 Å². The fourth-order valence-corrected chi connectivity index (χ4v) is 1.78. The third kappa shape index (κ3) is 1.32. The van der Waals surface area contributed by atoms with E-state index in [1.54, 1.807) is 0 Å². The molecule has 2 N–H and O–H groups in total. The first-order valence-corrected chi connectivity index (χ1v) is 4.53. The molecular formula is C10H11ClN2. The third-order valence-electron chi connectivity index (χ3n) is 2.25. The molecule has 0 aliphatic heterocycles. The highest BCUT2D eigenvalue weighted by atomic mass is 35.5. The Morgan fingerprint density at radius 3 is 2.92 bits per heavy atom. The molecule has 2 aromatic rings. The maximum atomic E-state index is 5.91. The monoisotopic (exact) mass is 194 g/mol. The molecule has 68 valence electrons. The summed E-state index contributed by atoms with van der Waals surface area (Å²) >= 11 is 5.91. The average Bonchev–Trinajstić information content (AvgIpc) is 2.42. The van der Waals surface area contributed by atoms with Crippen molar-refractivity contribution in [2.45, 2.75) is 6.54 Å². The molecule has 1 aromatic heterocycles. The molecule has 2 nitrogen and oxygen atoms in total. The molecule has 3 heteroatoms. The molecule has 0 bridgehead atoms. The number of aromatic nitrogens is 1. The van der Waals surface area contributed by atoms with Crippen LogP contribution in [0.25, 0.3) is 10.9 Å². The Morgan fingerprint density at radius 1 is 1.46 bits per heavy atom. The molecule has 0 aliphatic carbocycles. The van der Waals surface area contributed by atoms with Crippen LogP contribution in [0.15, 0.2) is 24.4 Å². The van der Waals surface area contributed by atoms with Crippen molar-refractivity contribution in [3.8, 4) is 0 Å². The van der Waals surface area contributed by atoms with Crippen molar-refractivity contribution in [2.24, 2.45) is 12.8 Å². The number of nitrogens with two attached hydrogens (primary N) is 1. The van der Waals surface area contributed by atoms with Crippen molar-refractivity contribution in [1.82, 2.24) is 4.57 Å².